The van der Waals surface area contributed by atoms with Gasteiger partial charge in [0.15, 0.2) is 0 Å². The molecule has 0 bridgehead atoms. The highest BCUT2D eigenvalue weighted by Crippen LogP contribution is 2.20. The number of anilines is 1. The van der Waals surface area contributed by atoms with Crippen LogP contribution >= 0.6 is 0 Å². The van der Waals surface area contributed by atoms with Crippen LogP contribution in [0.4, 0.5) is 5.69 Å². The summed E-state index contributed by atoms with van der Waals surface area (Å²) in [7, 11) is 1.56. The molecule has 0 atom stereocenters. The van der Waals surface area contributed by atoms with E-state index in [9.17, 15) is 9.59 Å². The monoisotopic (exact) mass is 312 g/mol. The number of aryl methyl sites for hydroxylation is 1. The number of fused-ring (bicyclic) bond motifs is 1. The highest BCUT2D eigenvalue weighted by Gasteiger charge is 2.10. The number of hydrogen-bond acceptors (Lipinski definition) is 4. The van der Waals surface area contributed by atoms with Gasteiger partial charge < -0.3 is 15.1 Å². The molecule has 3 aromatic rings. The predicted octanol–water partition coefficient (Wildman–Crippen LogP) is 1.94. The topological polar surface area (TPSA) is 89.2 Å². The number of hydrogen-bond donors (Lipinski definition) is 2. The molecule has 0 saturated carbocycles. The van der Waals surface area contributed by atoms with Gasteiger partial charge in [0.2, 0.25) is 5.91 Å². The first-order chi connectivity index (χ1) is 11.0. The summed E-state index contributed by atoms with van der Waals surface area (Å²) < 4.78 is 6.94. The molecule has 0 radical (unpaired) electrons. The fraction of sp³-hybridized carbons (Fsp3) is 0.188. The van der Waals surface area contributed by atoms with Crippen molar-refractivity contribution in [1.29, 1.82) is 0 Å². The lowest BCUT2D eigenvalue weighted by molar-refractivity contribution is -0.121. The zero-order valence-corrected chi connectivity index (χ0v) is 12.8. The van der Waals surface area contributed by atoms with Crippen LogP contribution in [-0.2, 0) is 11.3 Å². The van der Waals surface area contributed by atoms with Gasteiger partial charge in [0, 0.05) is 24.2 Å². The summed E-state index contributed by atoms with van der Waals surface area (Å²) >= 11 is 0. The van der Waals surface area contributed by atoms with Crippen molar-refractivity contribution in [1.82, 2.24) is 15.1 Å². The standard InChI is InChI=1S/C16H16N4O3/c1-10-5-12-6-11(3-4-14(12)23-10)16(22)19-13-7-18-20(8-13)9-15(21)17-2/h3-8H,9H2,1-2H3,(H,17,21)(H,19,22). The van der Waals surface area contributed by atoms with Crippen LogP contribution in [0.2, 0.25) is 0 Å². The number of benzene rings is 1. The summed E-state index contributed by atoms with van der Waals surface area (Å²) in [5, 5.41) is 10.2. The van der Waals surface area contributed by atoms with E-state index in [-0.39, 0.29) is 18.4 Å². The maximum atomic E-state index is 12.3. The van der Waals surface area contributed by atoms with E-state index in [1.165, 1.54) is 10.9 Å². The first kappa shape index (κ1) is 14.8. The maximum absolute atomic E-state index is 12.3. The number of nitrogens with one attached hydrogen (secondary N) is 2. The second kappa shape index (κ2) is 5.96. The lowest BCUT2D eigenvalue weighted by atomic mass is 10.1. The number of furan rings is 1. The van der Waals surface area contributed by atoms with Crippen LogP contribution in [0.15, 0.2) is 41.1 Å². The van der Waals surface area contributed by atoms with E-state index in [1.54, 1.807) is 31.4 Å². The van der Waals surface area contributed by atoms with Gasteiger partial charge in [-0.3, -0.25) is 14.3 Å². The van der Waals surface area contributed by atoms with E-state index in [0.717, 1.165) is 16.7 Å². The average Bonchev–Trinajstić information content (AvgIpc) is 3.11. The number of aromatic nitrogens is 2. The number of likely N-dealkylation sites (N-methyl/N-ethyl adjacent to an activating group) is 1. The van der Waals surface area contributed by atoms with Crippen LogP contribution in [0.1, 0.15) is 16.1 Å². The van der Waals surface area contributed by atoms with Gasteiger partial charge in [0.1, 0.15) is 17.9 Å². The van der Waals surface area contributed by atoms with Crippen LogP contribution in [0.3, 0.4) is 0 Å². The molecule has 0 spiro atoms. The molecule has 23 heavy (non-hydrogen) atoms. The van der Waals surface area contributed by atoms with Gasteiger partial charge in [-0.1, -0.05) is 0 Å². The Labute approximate surface area is 132 Å². The van der Waals surface area contributed by atoms with Crippen molar-refractivity contribution in [2.24, 2.45) is 0 Å². The molecule has 3 rings (SSSR count). The highest BCUT2D eigenvalue weighted by molar-refractivity contribution is 6.06. The third kappa shape index (κ3) is 3.23. The Balaban J connectivity index is 1.73. The fourth-order valence-corrected chi connectivity index (χ4v) is 2.26. The lowest BCUT2D eigenvalue weighted by Crippen LogP contribution is -2.23. The normalized spacial score (nSPS) is 10.7. The molecule has 0 unspecified atom stereocenters. The summed E-state index contributed by atoms with van der Waals surface area (Å²) in [6, 6.07) is 7.13. The van der Waals surface area contributed by atoms with E-state index in [2.05, 4.69) is 15.7 Å². The van der Waals surface area contributed by atoms with Crippen LogP contribution in [0.5, 0.6) is 0 Å². The van der Waals surface area contributed by atoms with Crippen molar-refractivity contribution in [3.63, 3.8) is 0 Å². The summed E-state index contributed by atoms with van der Waals surface area (Å²) in [6.07, 6.45) is 3.11. The van der Waals surface area contributed by atoms with Gasteiger partial charge in [-0.05, 0) is 31.2 Å². The fourth-order valence-electron chi connectivity index (χ4n) is 2.26. The van der Waals surface area contributed by atoms with Gasteiger partial charge in [-0.2, -0.15) is 5.10 Å². The summed E-state index contributed by atoms with van der Waals surface area (Å²) in [6.45, 7) is 1.97. The van der Waals surface area contributed by atoms with Crippen molar-refractivity contribution in [3.8, 4) is 0 Å². The van der Waals surface area contributed by atoms with E-state index < -0.39 is 0 Å². The number of nitrogens with zero attached hydrogens (tertiary/aromatic N) is 2. The van der Waals surface area contributed by atoms with Crippen molar-refractivity contribution < 1.29 is 14.0 Å². The van der Waals surface area contributed by atoms with Crippen LogP contribution in [-0.4, -0.2) is 28.6 Å². The third-order valence-electron chi connectivity index (χ3n) is 3.38. The van der Waals surface area contributed by atoms with E-state index in [4.69, 9.17) is 4.42 Å². The zero-order chi connectivity index (χ0) is 16.4. The minimum absolute atomic E-state index is 0.104. The molecule has 2 amide bonds. The summed E-state index contributed by atoms with van der Waals surface area (Å²) in [5.74, 6) is 0.394. The van der Waals surface area contributed by atoms with Crippen LogP contribution < -0.4 is 10.6 Å². The Hall–Kier alpha value is -3.09. The van der Waals surface area contributed by atoms with Gasteiger partial charge in [0.25, 0.3) is 5.91 Å². The molecule has 2 heterocycles. The number of rotatable bonds is 4. The lowest BCUT2D eigenvalue weighted by Gasteiger charge is -2.02. The van der Waals surface area contributed by atoms with Gasteiger partial charge in [-0.25, -0.2) is 0 Å². The molecule has 0 aliphatic rings. The molecule has 7 nitrogen and oxygen atoms in total. The Morgan fingerprint density at radius 1 is 1.30 bits per heavy atom. The summed E-state index contributed by atoms with van der Waals surface area (Å²) in [5.41, 5.74) is 1.80. The minimum Gasteiger partial charge on any atom is -0.461 e. The predicted molar refractivity (Wildman–Crippen MR) is 85.2 cm³/mol. The smallest absolute Gasteiger partial charge is 0.255 e. The second-order valence-corrected chi connectivity index (χ2v) is 5.16. The van der Waals surface area contributed by atoms with Crippen LogP contribution in [0.25, 0.3) is 11.0 Å². The van der Waals surface area contributed by atoms with E-state index in [1.807, 2.05) is 13.0 Å². The Bertz CT molecular complexity index is 878. The molecule has 2 N–H and O–H groups in total. The molecule has 2 aromatic heterocycles. The number of carbonyl (C=O) groups excluding carboxylic acids is 2. The molecule has 118 valence electrons. The highest BCUT2D eigenvalue weighted by atomic mass is 16.3. The first-order valence-electron chi connectivity index (χ1n) is 7.10. The number of amides is 2. The van der Waals surface area contributed by atoms with Crippen molar-refractivity contribution in [3.05, 3.63) is 48.0 Å². The van der Waals surface area contributed by atoms with Crippen molar-refractivity contribution >= 4 is 28.5 Å². The molecule has 0 aliphatic heterocycles. The molecule has 0 aliphatic carbocycles. The van der Waals surface area contributed by atoms with E-state index >= 15 is 0 Å². The Kier molecular flexibility index (Phi) is 3.84. The molecule has 0 fully saturated rings. The Morgan fingerprint density at radius 3 is 2.91 bits per heavy atom. The minimum atomic E-state index is -0.245. The molecular formula is C16H16N4O3. The zero-order valence-electron chi connectivity index (χ0n) is 12.8. The second-order valence-electron chi connectivity index (χ2n) is 5.16. The Morgan fingerprint density at radius 2 is 2.13 bits per heavy atom. The summed E-state index contributed by atoms with van der Waals surface area (Å²) in [4.78, 5) is 23.6. The largest absolute Gasteiger partial charge is 0.461 e. The quantitative estimate of drug-likeness (QED) is 0.770. The average molecular weight is 312 g/mol. The van der Waals surface area contributed by atoms with Gasteiger partial charge in [-0.15, -0.1) is 0 Å². The van der Waals surface area contributed by atoms with Crippen molar-refractivity contribution in [2.45, 2.75) is 13.5 Å². The van der Waals surface area contributed by atoms with E-state index in [0.29, 0.717) is 11.3 Å². The first-order valence-corrected chi connectivity index (χ1v) is 7.10. The van der Waals surface area contributed by atoms with Gasteiger partial charge >= 0.3 is 0 Å². The SMILES string of the molecule is CNC(=O)Cn1cc(NC(=O)c2ccc3oc(C)cc3c2)cn1. The molecule has 0 saturated heterocycles. The van der Waals surface area contributed by atoms with Gasteiger partial charge in [0.05, 0.1) is 11.9 Å². The maximum Gasteiger partial charge on any atom is 0.255 e. The van der Waals surface area contributed by atoms with Crippen LogP contribution in [0, 0.1) is 6.92 Å². The molecule has 1 aromatic carbocycles. The molecular weight excluding hydrogens is 296 g/mol. The van der Waals surface area contributed by atoms with Crippen molar-refractivity contribution in [2.75, 3.05) is 12.4 Å². The molecule has 7 heteroatoms. The third-order valence-corrected chi connectivity index (χ3v) is 3.38. The number of carbonyl (C=O) groups is 2.